The third kappa shape index (κ3) is 4.48. The topological polar surface area (TPSA) is 82.5 Å². The maximum absolute atomic E-state index is 12.0. The van der Waals surface area contributed by atoms with Crippen molar-refractivity contribution in [2.45, 2.75) is 40.3 Å². The molecule has 0 radical (unpaired) electrons. The van der Waals surface area contributed by atoms with Gasteiger partial charge in [-0.05, 0) is 12.3 Å². The van der Waals surface area contributed by atoms with Crippen molar-refractivity contribution in [1.29, 1.82) is 0 Å². The van der Waals surface area contributed by atoms with E-state index in [4.69, 9.17) is 0 Å². The number of nitrogens with one attached hydrogen (secondary N) is 1. The van der Waals surface area contributed by atoms with Crippen LogP contribution < -0.4 is 5.32 Å². The molecule has 7 heteroatoms. The lowest BCUT2D eigenvalue weighted by Gasteiger charge is -2.29. The van der Waals surface area contributed by atoms with Gasteiger partial charge in [0.2, 0.25) is 0 Å². The van der Waals surface area contributed by atoms with Gasteiger partial charge in [0.1, 0.15) is 6.04 Å². The van der Waals surface area contributed by atoms with Crippen molar-refractivity contribution < 1.29 is 14.7 Å². The van der Waals surface area contributed by atoms with Gasteiger partial charge in [-0.15, -0.1) is 11.3 Å². The lowest BCUT2D eigenvalue weighted by atomic mass is 9.87. The van der Waals surface area contributed by atoms with Crippen molar-refractivity contribution in [2.24, 2.45) is 5.41 Å². The fourth-order valence-electron chi connectivity index (χ4n) is 1.68. The van der Waals surface area contributed by atoms with Crippen molar-refractivity contribution in [3.63, 3.8) is 0 Å². The smallest absolute Gasteiger partial charge is 0.326 e. The molecule has 0 saturated heterocycles. The largest absolute Gasteiger partial charge is 0.480 e. The van der Waals surface area contributed by atoms with Gasteiger partial charge in [-0.2, -0.15) is 0 Å². The van der Waals surface area contributed by atoms with E-state index in [2.05, 4.69) is 10.3 Å². The summed E-state index contributed by atoms with van der Waals surface area (Å²) in [6.45, 7) is 7.57. The van der Waals surface area contributed by atoms with Gasteiger partial charge in [0.25, 0.3) is 0 Å². The summed E-state index contributed by atoms with van der Waals surface area (Å²) >= 11 is 1.52. The van der Waals surface area contributed by atoms with Crippen LogP contribution >= 0.6 is 11.3 Å². The number of thiazole rings is 1. The molecule has 0 unspecified atom stereocenters. The first-order chi connectivity index (χ1) is 9.11. The minimum Gasteiger partial charge on any atom is -0.480 e. The van der Waals surface area contributed by atoms with E-state index < -0.39 is 23.5 Å². The minimum atomic E-state index is -1.04. The molecule has 112 valence electrons. The number of carbonyl (C=O) groups excluding carboxylic acids is 1. The van der Waals surface area contributed by atoms with E-state index in [1.807, 2.05) is 12.3 Å². The summed E-state index contributed by atoms with van der Waals surface area (Å²) in [6, 6.07) is -1.35. The van der Waals surface area contributed by atoms with Gasteiger partial charge in [0.05, 0.1) is 17.2 Å². The summed E-state index contributed by atoms with van der Waals surface area (Å²) in [5.74, 6) is -1.04. The quantitative estimate of drug-likeness (QED) is 0.892. The molecule has 1 heterocycles. The molecule has 1 aromatic heterocycles. The van der Waals surface area contributed by atoms with E-state index in [1.54, 1.807) is 27.8 Å². The molecule has 0 aliphatic heterocycles. The lowest BCUT2D eigenvalue weighted by Crippen LogP contribution is -2.52. The molecule has 0 spiro atoms. The van der Waals surface area contributed by atoms with E-state index in [-0.39, 0.29) is 0 Å². The number of carbonyl (C=O) groups is 2. The average molecular weight is 299 g/mol. The van der Waals surface area contributed by atoms with Gasteiger partial charge >= 0.3 is 12.0 Å². The van der Waals surface area contributed by atoms with E-state index in [0.717, 1.165) is 10.7 Å². The Balaban J connectivity index is 2.67. The molecule has 6 nitrogen and oxygen atoms in total. The molecule has 2 amide bonds. The zero-order chi connectivity index (χ0) is 15.5. The van der Waals surface area contributed by atoms with Crippen molar-refractivity contribution in [2.75, 3.05) is 7.05 Å². The standard InChI is InChI=1S/C13H21N3O3S/c1-8-14-9(7-20-8)6-16(5)12(19)15-10(11(17)18)13(2,3)4/h7,10H,6H2,1-5H3,(H,15,19)(H,17,18)/t10-/m1/s1. The number of aromatic nitrogens is 1. The number of carboxylic acids is 1. The van der Waals surface area contributed by atoms with Gasteiger partial charge in [-0.1, -0.05) is 20.8 Å². The second kappa shape index (κ2) is 6.21. The molecule has 0 aliphatic carbocycles. The Morgan fingerprint density at radius 2 is 2.10 bits per heavy atom. The fraction of sp³-hybridized carbons (Fsp3) is 0.615. The van der Waals surface area contributed by atoms with E-state index >= 15 is 0 Å². The van der Waals surface area contributed by atoms with Crippen molar-refractivity contribution in [3.8, 4) is 0 Å². The van der Waals surface area contributed by atoms with Crippen molar-refractivity contribution >= 4 is 23.3 Å². The normalized spacial score (nSPS) is 12.8. The Morgan fingerprint density at radius 3 is 2.50 bits per heavy atom. The number of aliphatic carboxylic acids is 1. The maximum Gasteiger partial charge on any atom is 0.326 e. The molecular weight excluding hydrogens is 278 g/mol. The Bertz CT molecular complexity index is 493. The number of hydrogen-bond donors (Lipinski definition) is 2. The van der Waals surface area contributed by atoms with Crippen LogP contribution in [0.15, 0.2) is 5.38 Å². The van der Waals surface area contributed by atoms with E-state index in [0.29, 0.717) is 6.54 Å². The number of nitrogens with zero attached hydrogens (tertiary/aromatic N) is 2. The molecule has 0 bridgehead atoms. The molecule has 2 N–H and O–H groups in total. The summed E-state index contributed by atoms with van der Waals surface area (Å²) in [7, 11) is 1.62. The van der Waals surface area contributed by atoms with Crippen LogP contribution in [0.4, 0.5) is 4.79 Å². The first kappa shape index (κ1) is 16.4. The fourth-order valence-corrected chi connectivity index (χ4v) is 2.28. The number of aryl methyl sites for hydroxylation is 1. The summed E-state index contributed by atoms with van der Waals surface area (Å²) in [6.07, 6.45) is 0. The second-order valence-electron chi connectivity index (χ2n) is 5.80. The number of amides is 2. The number of urea groups is 1. The highest BCUT2D eigenvalue weighted by atomic mass is 32.1. The third-order valence-corrected chi connectivity index (χ3v) is 3.62. The maximum atomic E-state index is 12.0. The van der Waals surface area contributed by atoms with Crippen LogP contribution in [0.2, 0.25) is 0 Å². The highest BCUT2D eigenvalue weighted by Gasteiger charge is 2.33. The summed E-state index contributed by atoms with van der Waals surface area (Å²) in [5, 5.41) is 14.6. The molecule has 1 aromatic rings. The van der Waals surface area contributed by atoms with Crippen LogP contribution in [-0.2, 0) is 11.3 Å². The van der Waals surface area contributed by atoms with Crippen LogP contribution in [0, 0.1) is 12.3 Å². The van der Waals surface area contributed by atoms with Gasteiger partial charge in [-0.3, -0.25) is 0 Å². The summed E-state index contributed by atoms with van der Waals surface area (Å²) in [5.41, 5.74) is 0.243. The Kier molecular flexibility index (Phi) is 5.10. The van der Waals surface area contributed by atoms with Gasteiger partial charge < -0.3 is 15.3 Å². The van der Waals surface area contributed by atoms with Crippen molar-refractivity contribution in [3.05, 3.63) is 16.1 Å². The van der Waals surface area contributed by atoms with Crippen LogP contribution in [0.25, 0.3) is 0 Å². The molecule has 0 fully saturated rings. The highest BCUT2D eigenvalue weighted by Crippen LogP contribution is 2.19. The van der Waals surface area contributed by atoms with Gasteiger partial charge in [0, 0.05) is 12.4 Å². The Morgan fingerprint density at radius 1 is 1.50 bits per heavy atom. The van der Waals surface area contributed by atoms with Crippen LogP contribution in [-0.4, -0.2) is 40.1 Å². The van der Waals surface area contributed by atoms with Crippen LogP contribution in [0.3, 0.4) is 0 Å². The SMILES string of the molecule is Cc1nc(CN(C)C(=O)N[C@H](C(=O)O)C(C)(C)C)cs1. The zero-order valence-electron chi connectivity index (χ0n) is 12.4. The van der Waals surface area contributed by atoms with E-state index in [9.17, 15) is 14.7 Å². The van der Waals surface area contributed by atoms with E-state index in [1.165, 1.54) is 16.2 Å². The number of hydrogen-bond acceptors (Lipinski definition) is 4. The van der Waals surface area contributed by atoms with Crippen molar-refractivity contribution in [1.82, 2.24) is 15.2 Å². The lowest BCUT2D eigenvalue weighted by molar-refractivity contribution is -0.142. The Labute approximate surface area is 122 Å². The van der Waals surface area contributed by atoms with Crippen LogP contribution in [0.5, 0.6) is 0 Å². The zero-order valence-corrected chi connectivity index (χ0v) is 13.2. The summed E-state index contributed by atoms with van der Waals surface area (Å²) < 4.78 is 0. The predicted molar refractivity (Wildman–Crippen MR) is 77.7 cm³/mol. The first-order valence-corrected chi connectivity index (χ1v) is 7.14. The van der Waals surface area contributed by atoms with Gasteiger partial charge in [-0.25, -0.2) is 14.6 Å². The van der Waals surface area contributed by atoms with Gasteiger partial charge in [0.15, 0.2) is 0 Å². The highest BCUT2D eigenvalue weighted by molar-refractivity contribution is 7.09. The summed E-state index contributed by atoms with van der Waals surface area (Å²) in [4.78, 5) is 29.0. The predicted octanol–water partition coefficient (Wildman–Crippen LogP) is 2.09. The molecular formula is C13H21N3O3S. The monoisotopic (exact) mass is 299 g/mol. The molecule has 0 aromatic carbocycles. The minimum absolute atomic E-state index is 0.354. The molecule has 1 rings (SSSR count). The number of carboxylic acid groups (broad SMARTS) is 1. The Hall–Kier alpha value is -1.63. The number of rotatable bonds is 4. The van der Waals surface area contributed by atoms with Crippen LogP contribution in [0.1, 0.15) is 31.5 Å². The first-order valence-electron chi connectivity index (χ1n) is 6.26. The molecule has 1 atom stereocenters. The average Bonchev–Trinajstić information content (AvgIpc) is 2.69. The third-order valence-electron chi connectivity index (χ3n) is 2.79. The molecule has 0 saturated carbocycles. The molecule has 20 heavy (non-hydrogen) atoms. The second-order valence-corrected chi connectivity index (χ2v) is 6.86. The molecule has 0 aliphatic rings.